The van der Waals surface area contributed by atoms with Crippen LogP contribution in [0.3, 0.4) is 0 Å². The highest BCUT2D eigenvalue weighted by Crippen LogP contribution is 2.22. The number of aromatic nitrogens is 2. The standard InChI is InChI=1S/C8H10N4O/c1-12-3-2-7(13)11-6-4-9-5-10-8(6)12/h4-5H,2-3H2,1H3,(H,11,13). The molecule has 0 atom stereocenters. The second-order valence-corrected chi connectivity index (χ2v) is 2.98. The van der Waals surface area contributed by atoms with Gasteiger partial charge in [-0.05, 0) is 0 Å². The zero-order valence-corrected chi connectivity index (χ0v) is 7.32. The van der Waals surface area contributed by atoms with Gasteiger partial charge >= 0.3 is 0 Å². The average molecular weight is 178 g/mol. The van der Waals surface area contributed by atoms with Crippen LogP contribution in [0.4, 0.5) is 11.5 Å². The third-order valence-corrected chi connectivity index (χ3v) is 2.00. The molecule has 0 bridgehead atoms. The quantitative estimate of drug-likeness (QED) is 0.619. The molecule has 68 valence electrons. The van der Waals surface area contributed by atoms with Gasteiger partial charge in [0, 0.05) is 20.0 Å². The number of carbonyl (C=O) groups is 1. The molecule has 0 radical (unpaired) electrons. The molecule has 1 amide bonds. The molecule has 5 nitrogen and oxygen atoms in total. The van der Waals surface area contributed by atoms with E-state index in [4.69, 9.17) is 0 Å². The molecular weight excluding hydrogens is 168 g/mol. The van der Waals surface area contributed by atoms with Crippen LogP contribution < -0.4 is 10.2 Å². The molecule has 0 saturated heterocycles. The number of rotatable bonds is 0. The number of fused-ring (bicyclic) bond motifs is 1. The van der Waals surface area contributed by atoms with Crippen LogP contribution in [0.5, 0.6) is 0 Å². The minimum Gasteiger partial charge on any atom is -0.357 e. The molecule has 1 aliphatic rings. The monoisotopic (exact) mass is 178 g/mol. The predicted molar refractivity (Wildman–Crippen MR) is 48.5 cm³/mol. The SMILES string of the molecule is CN1CCC(=O)Nc2cncnc21. The summed E-state index contributed by atoms with van der Waals surface area (Å²) in [5.74, 6) is 0.793. The maximum absolute atomic E-state index is 11.2. The molecule has 1 N–H and O–H groups in total. The van der Waals surface area contributed by atoms with E-state index < -0.39 is 0 Å². The highest BCUT2D eigenvalue weighted by Gasteiger charge is 2.16. The van der Waals surface area contributed by atoms with Gasteiger partial charge in [0.15, 0.2) is 5.82 Å². The van der Waals surface area contributed by atoms with Crippen LogP contribution in [-0.2, 0) is 4.79 Å². The van der Waals surface area contributed by atoms with Gasteiger partial charge in [0.25, 0.3) is 0 Å². The highest BCUT2D eigenvalue weighted by molar-refractivity contribution is 5.95. The zero-order valence-electron chi connectivity index (χ0n) is 7.32. The van der Waals surface area contributed by atoms with E-state index in [1.165, 1.54) is 6.33 Å². The van der Waals surface area contributed by atoms with E-state index in [9.17, 15) is 4.79 Å². The molecule has 13 heavy (non-hydrogen) atoms. The van der Waals surface area contributed by atoms with Crippen molar-refractivity contribution in [2.45, 2.75) is 6.42 Å². The van der Waals surface area contributed by atoms with Crippen molar-refractivity contribution in [3.05, 3.63) is 12.5 Å². The molecule has 1 aromatic rings. The molecule has 2 heterocycles. The Hall–Kier alpha value is -1.65. The van der Waals surface area contributed by atoms with Crippen molar-refractivity contribution < 1.29 is 4.79 Å². The van der Waals surface area contributed by atoms with E-state index in [1.54, 1.807) is 6.20 Å². The Morgan fingerprint density at radius 3 is 3.31 bits per heavy atom. The van der Waals surface area contributed by atoms with Gasteiger partial charge in [0.05, 0.1) is 6.20 Å². The maximum atomic E-state index is 11.2. The van der Waals surface area contributed by atoms with E-state index in [2.05, 4.69) is 15.3 Å². The normalized spacial score (nSPS) is 16.1. The summed E-state index contributed by atoms with van der Waals surface area (Å²) in [5, 5.41) is 2.75. The third-order valence-electron chi connectivity index (χ3n) is 2.00. The van der Waals surface area contributed by atoms with E-state index in [-0.39, 0.29) is 5.91 Å². The number of nitrogens with zero attached hydrogens (tertiary/aromatic N) is 3. The average Bonchev–Trinajstić information content (AvgIpc) is 2.27. The molecule has 0 saturated carbocycles. The highest BCUT2D eigenvalue weighted by atomic mass is 16.1. The molecule has 0 aromatic carbocycles. The summed E-state index contributed by atoms with van der Waals surface area (Å²) in [6.45, 7) is 0.690. The first-order valence-corrected chi connectivity index (χ1v) is 4.08. The molecule has 1 aromatic heterocycles. The van der Waals surface area contributed by atoms with Crippen LogP contribution in [0.2, 0.25) is 0 Å². The van der Waals surface area contributed by atoms with Crippen LogP contribution in [0, 0.1) is 0 Å². The van der Waals surface area contributed by atoms with Gasteiger partial charge in [-0.3, -0.25) is 4.79 Å². The van der Waals surface area contributed by atoms with Crippen molar-refractivity contribution in [2.24, 2.45) is 0 Å². The van der Waals surface area contributed by atoms with Crippen LogP contribution in [0.15, 0.2) is 12.5 Å². The van der Waals surface area contributed by atoms with Crippen molar-refractivity contribution in [1.29, 1.82) is 0 Å². The fraction of sp³-hybridized carbons (Fsp3) is 0.375. The van der Waals surface area contributed by atoms with Crippen molar-refractivity contribution in [3.8, 4) is 0 Å². The van der Waals surface area contributed by atoms with Gasteiger partial charge in [-0.2, -0.15) is 0 Å². The lowest BCUT2D eigenvalue weighted by Crippen LogP contribution is -2.19. The van der Waals surface area contributed by atoms with Gasteiger partial charge in [0.1, 0.15) is 12.0 Å². The summed E-state index contributed by atoms with van der Waals surface area (Å²) in [6.07, 6.45) is 3.59. The fourth-order valence-corrected chi connectivity index (χ4v) is 1.30. The Morgan fingerprint density at radius 1 is 1.62 bits per heavy atom. The first-order valence-electron chi connectivity index (χ1n) is 4.08. The van der Waals surface area contributed by atoms with Gasteiger partial charge in [0.2, 0.25) is 5.91 Å². The first kappa shape index (κ1) is 7.97. The van der Waals surface area contributed by atoms with Crippen molar-refractivity contribution in [2.75, 3.05) is 23.8 Å². The van der Waals surface area contributed by atoms with Crippen molar-refractivity contribution in [1.82, 2.24) is 9.97 Å². The minimum atomic E-state index is 0.0143. The molecule has 0 fully saturated rings. The zero-order chi connectivity index (χ0) is 9.26. The fourth-order valence-electron chi connectivity index (χ4n) is 1.30. The number of carbonyl (C=O) groups excluding carboxylic acids is 1. The Labute approximate surface area is 75.8 Å². The van der Waals surface area contributed by atoms with E-state index in [0.717, 1.165) is 5.82 Å². The topological polar surface area (TPSA) is 58.1 Å². The van der Waals surface area contributed by atoms with Crippen LogP contribution >= 0.6 is 0 Å². The lowest BCUT2D eigenvalue weighted by Gasteiger charge is -2.15. The molecule has 0 aliphatic carbocycles. The van der Waals surface area contributed by atoms with Gasteiger partial charge in [-0.1, -0.05) is 0 Å². The summed E-state index contributed by atoms with van der Waals surface area (Å²) >= 11 is 0. The number of anilines is 2. The third kappa shape index (κ3) is 1.44. The summed E-state index contributed by atoms with van der Waals surface area (Å²) in [5.41, 5.74) is 0.688. The summed E-state index contributed by atoms with van der Waals surface area (Å²) < 4.78 is 0. The minimum absolute atomic E-state index is 0.0143. The van der Waals surface area contributed by atoms with Gasteiger partial charge < -0.3 is 10.2 Å². The first-order chi connectivity index (χ1) is 6.27. The van der Waals surface area contributed by atoms with Crippen molar-refractivity contribution >= 4 is 17.4 Å². The van der Waals surface area contributed by atoms with E-state index in [0.29, 0.717) is 18.7 Å². The smallest absolute Gasteiger partial charge is 0.226 e. The lowest BCUT2D eigenvalue weighted by atomic mass is 10.4. The number of hydrogen-bond acceptors (Lipinski definition) is 4. The molecular formula is C8H10N4O. The summed E-state index contributed by atoms with van der Waals surface area (Å²) in [6, 6.07) is 0. The predicted octanol–water partition coefficient (Wildman–Crippen LogP) is 0.255. The Morgan fingerprint density at radius 2 is 2.46 bits per heavy atom. The van der Waals surface area contributed by atoms with Crippen LogP contribution in [0.25, 0.3) is 0 Å². The summed E-state index contributed by atoms with van der Waals surface area (Å²) in [7, 11) is 1.91. The second kappa shape index (κ2) is 3.01. The Bertz CT molecular complexity index is 339. The second-order valence-electron chi connectivity index (χ2n) is 2.98. The van der Waals surface area contributed by atoms with Crippen LogP contribution in [0.1, 0.15) is 6.42 Å². The van der Waals surface area contributed by atoms with E-state index in [1.807, 2.05) is 11.9 Å². The molecule has 0 spiro atoms. The van der Waals surface area contributed by atoms with Crippen molar-refractivity contribution in [3.63, 3.8) is 0 Å². The van der Waals surface area contributed by atoms with Gasteiger partial charge in [-0.15, -0.1) is 0 Å². The van der Waals surface area contributed by atoms with E-state index >= 15 is 0 Å². The van der Waals surface area contributed by atoms with Gasteiger partial charge in [-0.25, -0.2) is 9.97 Å². The largest absolute Gasteiger partial charge is 0.357 e. The maximum Gasteiger partial charge on any atom is 0.226 e. The molecule has 5 heteroatoms. The van der Waals surface area contributed by atoms with Crippen LogP contribution in [-0.4, -0.2) is 29.5 Å². The summed E-state index contributed by atoms with van der Waals surface area (Å²) in [4.78, 5) is 21.1. The number of amides is 1. The lowest BCUT2D eigenvalue weighted by molar-refractivity contribution is -0.115. The molecule has 2 rings (SSSR count). The number of hydrogen-bond donors (Lipinski definition) is 1. The Balaban J connectivity index is 2.43. The molecule has 1 aliphatic heterocycles. The number of nitrogens with one attached hydrogen (secondary N) is 1. The Kier molecular flexibility index (Phi) is 1.84. The molecule has 0 unspecified atom stereocenters.